The van der Waals surface area contributed by atoms with Crippen LogP contribution in [-0.4, -0.2) is 26.1 Å². The molecule has 0 bridgehead atoms. The number of halogens is 2. The molecule has 1 aromatic carbocycles. The van der Waals surface area contributed by atoms with Crippen molar-refractivity contribution in [2.75, 3.05) is 11.4 Å². The molecule has 0 saturated carbocycles. The minimum absolute atomic E-state index is 0.115. The van der Waals surface area contributed by atoms with Gasteiger partial charge in [0.2, 0.25) is 5.95 Å². The van der Waals surface area contributed by atoms with Crippen LogP contribution in [0.3, 0.4) is 0 Å². The molecule has 1 aliphatic rings. The van der Waals surface area contributed by atoms with Crippen LogP contribution in [-0.2, 0) is 0 Å². The third-order valence-electron chi connectivity index (χ3n) is 3.93. The van der Waals surface area contributed by atoms with Gasteiger partial charge in [-0.3, -0.25) is 0 Å². The van der Waals surface area contributed by atoms with E-state index in [-0.39, 0.29) is 6.04 Å². The van der Waals surface area contributed by atoms with Crippen molar-refractivity contribution < 1.29 is 8.78 Å². The van der Waals surface area contributed by atoms with E-state index in [1.165, 1.54) is 12.1 Å². The molecular formula is C15H13F2N5. The number of hydrogen-bond acceptors (Lipinski definition) is 4. The van der Waals surface area contributed by atoms with Gasteiger partial charge in [0.1, 0.15) is 18.0 Å². The first-order valence-corrected chi connectivity index (χ1v) is 7.10. The van der Waals surface area contributed by atoms with E-state index in [0.29, 0.717) is 17.2 Å². The predicted octanol–water partition coefficient (Wildman–Crippen LogP) is 2.74. The van der Waals surface area contributed by atoms with E-state index in [0.717, 1.165) is 25.5 Å². The molecule has 3 heterocycles. The lowest BCUT2D eigenvalue weighted by Gasteiger charge is -2.25. The maximum atomic E-state index is 13.5. The van der Waals surface area contributed by atoms with Gasteiger partial charge in [-0.25, -0.2) is 18.3 Å². The average Bonchev–Trinajstić information content (AvgIpc) is 3.14. The van der Waals surface area contributed by atoms with Crippen molar-refractivity contribution in [3.05, 3.63) is 54.0 Å². The molecule has 5 nitrogen and oxygen atoms in total. The minimum Gasteiger partial charge on any atom is -0.334 e. The molecule has 4 rings (SSSR count). The third kappa shape index (κ3) is 2.18. The highest BCUT2D eigenvalue weighted by atomic mass is 19.1. The van der Waals surface area contributed by atoms with E-state index < -0.39 is 11.6 Å². The van der Waals surface area contributed by atoms with Crippen molar-refractivity contribution in [1.82, 2.24) is 19.6 Å². The van der Waals surface area contributed by atoms with Gasteiger partial charge in [0.25, 0.3) is 0 Å². The Hall–Kier alpha value is -2.57. The fourth-order valence-corrected chi connectivity index (χ4v) is 2.98. The summed E-state index contributed by atoms with van der Waals surface area (Å²) >= 11 is 0. The second-order valence-corrected chi connectivity index (χ2v) is 5.34. The van der Waals surface area contributed by atoms with Crippen molar-refractivity contribution in [2.24, 2.45) is 0 Å². The number of anilines is 1. The standard InChI is InChI=1S/C15H13F2N5/c16-11-6-10(7-12(17)8-11)13-2-1-5-21(13)15-18-9-22-14(20-15)3-4-19-22/h3-4,6-9,13H,1-2,5H2/t13-/m1/s1. The van der Waals surface area contributed by atoms with Crippen LogP contribution in [0.2, 0.25) is 0 Å². The summed E-state index contributed by atoms with van der Waals surface area (Å²) in [5.74, 6) is -0.566. The number of aromatic nitrogens is 4. The molecule has 1 aliphatic heterocycles. The molecule has 0 spiro atoms. The Morgan fingerprint density at radius 1 is 1.14 bits per heavy atom. The fraction of sp³-hybridized carbons (Fsp3) is 0.267. The second kappa shape index (κ2) is 5.01. The summed E-state index contributed by atoms with van der Waals surface area (Å²) in [6.45, 7) is 0.757. The molecule has 1 atom stereocenters. The topological polar surface area (TPSA) is 46.3 Å². The number of nitrogens with zero attached hydrogens (tertiary/aromatic N) is 5. The molecule has 2 aromatic heterocycles. The van der Waals surface area contributed by atoms with Crippen LogP contribution in [0.4, 0.5) is 14.7 Å². The molecule has 0 radical (unpaired) electrons. The Bertz CT molecular complexity index is 811. The average molecular weight is 301 g/mol. The quantitative estimate of drug-likeness (QED) is 0.730. The zero-order valence-corrected chi connectivity index (χ0v) is 11.7. The largest absolute Gasteiger partial charge is 0.334 e. The number of hydrogen-bond donors (Lipinski definition) is 0. The first-order valence-electron chi connectivity index (χ1n) is 7.10. The Morgan fingerprint density at radius 2 is 1.95 bits per heavy atom. The summed E-state index contributed by atoms with van der Waals surface area (Å²) in [6, 6.07) is 5.32. The maximum Gasteiger partial charge on any atom is 0.229 e. The Morgan fingerprint density at radius 3 is 2.77 bits per heavy atom. The van der Waals surface area contributed by atoms with E-state index >= 15 is 0 Å². The SMILES string of the molecule is Fc1cc(F)cc([C@H]2CCCN2c2ncn3nccc3n2)c1. The Balaban J connectivity index is 1.73. The number of benzene rings is 1. The Labute approximate surface area is 125 Å². The molecule has 0 amide bonds. The van der Waals surface area contributed by atoms with E-state index in [1.54, 1.807) is 23.1 Å². The highest BCUT2D eigenvalue weighted by molar-refractivity contribution is 5.45. The number of rotatable bonds is 2. The highest BCUT2D eigenvalue weighted by Gasteiger charge is 2.29. The maximum absolute atomic E-state index is 13.5. The molecule has 7 heteroatoms. The Kier molecular flexibility index (Phi) is 2.99. The first-order chi connectivity index (χ1) is 10.7. The van der Waals surface area contributed by atoms with Crippen molar-refractivity contribution >= 4 is 11.6 Å². The van der Waals surface area contributed by atoms with Crippen molar-refractivity contribution in [3.8, 4) is 0 Å². The van der Waals surface area contributed by atoms with Gasteiger partial charge in [0.15, 0.2) is 5.65 Å². The third-order valence-corrected chi connectivity index (χ3v) is 3.93. The smallest absolute Gasteiger partial charge is 0.229 e. The second-order valence-electron chi connectivity index (χ2n) is 5.34. The lowest BCUT2D eigenvalue weighted by Crippen LogP contribution is -2.25. The van der Waals surface area contributed by atoms with Gasteiger partial charge < -0.3 is 4.90 Å². The molecule has 112 valence electrons. The van der Waals surface area contributed by atoms with Crippen LogP contribution in [0.15, 0.2) is 36.8 Å². The monoisotopic (exact) mass is 301 g/mol. The van der Waals surface area contributed by atoms with Crippen LogP contribution < -0.4 is 4.90 Å². The predicted molar refractivity (Wildman–Crippen MR) is 76.5 cm³/mol. The molecule has 0 aliphatic carbocycles. The highest BCUT2D eigenvalue weighted by Crippen LogP contribution is 2.34. The van der Waals surface area contributed by atoms with Crippen molar-refractivity contribution in [1.29, 1.82) is 0 Å². The van der Waals surface area contributed by atoms with Crippen molar-refractivity contribution in [2.45, 2.75) is 18.9 Å². The van der Waals surface area contributed by atoms with Gasteiger partial charge >= 0.3 is 0 Å². The van der Waals surface area contributed by atoms with Gasteiger partial charge in [0.05, 0.1) is 12.2 Å². The van der Waals surface area contributed by atoms with Gasteiger partial charge in [-0.15, -0.1) is 0 Å². The zero-order chi connectivity index (χ0) is 15.1. The summed E-state index contributed by atoms with van der Waals surface area (Å²) in [5, 5.41) is 4.06. The van der Waals surface area contributed by atoms with Crippen LogP contribution in [0.25, 0.3) is 5.65 Å². The van der Waals surface area contributed by atoms with Gasteiger partial charge in [-0.1, -0.05) is 0 Å². The molecule has 3 aromatic rings. The molecule has 22 heavy (non-hydrogen) atoms. The number of fused-ring (bicyclic) bond motifs is 1. The normalized spacial score (nSPS) is 18.3. The lowest BCUT2D eigenvalue weighted by atomic mass is 10.0. The summed E-state index contributed by atoms with van der Waals surface area (Å²) in [5.41, 5.74) is 1.31. The summed E-state index contributed by atoms with van der Waals surface area (Å²) < 4.78 is 28.5. The summed E-state index contributed by atoms with van der Waals surface area (Å²) in [7, 11) is 0. The van der Waals surface area contributed by atoms with Crippen LogP contribution in [0.5, 0.6) is 0 Å². The van der Waals surface area contributed by atoms with Gasteiger partial charge in [-0.05, 0) is 30.5 Å². The van der Waals surface area contributed by atoms with E-state index in [1.807, 2.05) is 4.90 Å². The minimum atomic E-state index is -0.561. The van der Waals surface area contributed by atoms with E-state index in [9.17, 15) is 8.78 Å². The van der Waals surface area contributed by atoms with Crippen molar-refractivity contribution in [3.63, 3.8) is 0 Å². The fourth-order valence-electron chi connectivity index (χ4n) is 2.98. The molecule has 0 unspecified atom stereocenters. The summed E-state index contributed by atoms with van der Waals surface area (Å²) in [4.78, 5) is 10.8. The van der Waals surface area contributed by atoms with Gasteiger partial charge in [0, 0.05) is 18.7 Å². The van der Waals surface area contributed by atoms with Crippen LogP contribution in [0, 0.1) is 11.6 Å². The summed E-state index contributed by atoms with van der Waals surface area (Å²) in [6.07, 6.45) is 4.99. The first kappa shape index (κ1) is 13.1. The lowest BCUT2D eigenvalue weighted by molar-refractivity contribution is 0.572. The van der Waals surface area contributed by atoms with E-state index in [4.69, 9.17) is 0 Å². The molecule has 0 N–H and O–H groups in total. The molecular weight excluding hydrogens is 288 g/mol. The van der Waals surface area contributed by atoms with E-state index in [2.05, 4.69) is 15.1 Å². The molecule has 1 saturated heterocycles. The molecule has 1 fully saturated rings. The van der Waals surface area contributed by atoms with Gasteiger partial charge in [-0.2, -0.15) is 10.1 Å². The van der Waals surface area contributed by atoms with Crippen LogP contribution in [0.1, 0.15) is 24.4 Å². The van der Waals surface area contributed by atoms with Crippen LogP contribution >= 0.6 is 0 Å². The zero-order valence-electron chi connectivity index (χ0n) is 11.7.